The second-order valence-corrected chi connectivity index (χ2v) is 6.65. The Balaban J connectivity index is 1.52. The molecule has 0 aliphatic rings. The van der Waals surface area contributed by atoms with Crippen molar-refractivity contribution in [2.24, 2.45) is 0 Å². The van der Waals surface area contributed by atoms with Crippen molar-refractivity contribution in [1.82, 2.24) is 19.9 Å². The molecule has 0 spiro atoms. The van der Waals surface area contributed by atoms with Gasteiger partial charge in [-0.2, -0.15) is 0 Å². The Labute approximate surface area is 172 Å². The van der Waals surface area contributed by atoms with Crippen LogP contribution >= 0.6 is 0 Å². The Bertz CT molecular complexity index is 1120. The summed E-state index contributed by atoms with van der Waals surface area (Å²) in [5, 5.41) is 2.66. The van der Waals surface area contributed by atoms with Gasteiger partial charge in [0, 0.05) is 0 Å². The average molecular weight is 401 g/mol. The van der Waals surface area contributed by atoms with E-state index in [9.17, 15) is 9.59 Å². The third-order valence-corrected chi connectivity index (χ3v) is 4.63. The number of nitrogens with one attached hydrogen (secondary N) is 2. The van der Waals surface area contributed by atoms with Crippen LogP contribution in [-0.4, -0.2) is 37.9 Å². The van der Waals surface area contributed by atoms with Gasteiger partial charge in [-0.3, -0.25) is 9.59 Å². The van der Waals surface area contributed by atoms with Gasteiger partial charge >= 0.3 is 5.97 Å². The lowest BCUT2D eigenvalue weighted by atomic mass is 9.91. The molecule has 0 saturated heterocycles. The van der Waals surface area contributed by atoms with Crippen LogP contribution < -0.4 is 5.32 Å². The van der Waals surface area contributed by atoms with E-state index < -0.39 is 23.9 Å². The number of fused-ring (bicyclic) bond motifs is 1. The van der Waals surface area contributed by atoms with Crippen LogP contribution in [0.15, 0.2) is 73.3 Å². The minimum absolute atomic E-state index is 0.271. The summed E-state index contributed by atoms with van der Waals surface area (Å²) in [4.78, 5) is 40.6. The fraction of sp³-hybridized carbons (Fsp3) is 0.136. The number of ether oxygens (including phenoxy) is 1. The summed E-state index contributed by atoms with van der Waals surface area (Å²) in [7, 11) is 0. The van der Waals surface area contributed by atoms with E-state index in [2.05, 4.69) is 25.3 Å². The highest BCUT2D eigenvalue weighted by molar-refractivity contribution is 5.99. The van der Waals surface area contributed by atoms with E-state index >= 15 is 0 Å². The van der Waals surface area contributed by atoms with Gasteiger partial charge in [-0.15, -0.1) is 0 Å². The van der Waals surface area contributed by atoms with Crippen LogP contribution in [0.4, 0.5) is 5.82 Å². The molecule has 2 heterocycles. The molecule has 1 unspecified atom stereocenters. The molecule has 0 aliphatic heterocycles. The zero-order chi connectivity index (χ0) is 20.9. The quantitative estimate of drug-likeness (QED) is 0.481. The van der Waals surface area contributed by atoms with Gasteiger partial charge in [-0.25, -0.2) is 15.0 Å². The Morgan fingerprint density at radius 2 is 1.57 bits per heavy atom. The third-order valence-electron chi connectivity index (χ3n) is 4.63. The molecule has 8 nitrogen and oxygen atoms in total. The summed E-state index contributed by atoms with van der Waals surface area (Å²) < 4.78 is 5.53. The first kappa shape index (κ1) is 19.3. The van der Waals surface area contributed by atoms with Gasteiger partial charge in [0.05, 0.1) is 6.33 Å². The van der Waals surface area contributed by atoms with Gasteiger partial charge in [-0.1, -0.05) is 60.7 Å². The van der Waals surface area contributed by atoms with E-state index in [1.54, 1.807) is 0 Å². The highest BCUT2D eigenvalue weighted by Crippen LogP contribution is 2.26. The number of hydrogen-bond acceptors (Lipinski definition) is 6. The van der Waals surface area contributed by atoms with Crippen molar-refractivity contribution in [2.75, 3.05) is 5.32 Å². The predicted octanol–water partition coefficient (Wildman–Crippen LogP) is 3.06. The number of esters is 1. The number of aromatic amines is 1. The molecule has 4 aromatic rings. The number of amides is 1. The number of H-pyrrole nitrogens is 1. The van der Waals surface area contributed by atoms with Crippen LogP contribution in [0.5, 0.6) is 0 Å². The lowest BCUT2D eigenvalue weighted by Gasteiger charge is -2.20. The van der Waals surface area contributed by atoms with Gasteiger partial charge < -0.3 is 15.0 Å². The van der Waals surface area contributed by atoms with Crippen LogP contribution in [0.3, 0.4) is 0 Å². The van der Waals surface area contributed by atoms with Crippen LogP contribution in [-0.2, 0) is 14.3 Å². The number of rotatable bonds is 6. The maximum Gasteiger partial charge on any atom is 0.318 e. The maximum absolute atomic E-state index is 13.0. The van der Waals surface area contributed by atoms with Crippen LogP contribution in [0.25, 0.3) is 11.2 Å². The molecule has 1 amide bonds. The van der Waals surface area contributed by atoms with Crippen LogP contribution in [0, 0.1) is 0 Å². The van der Waals surface area contributed by atoms with Crippen molar-refractivity contribution >= 4 is 28.9 Å². The highest BCUT2D eigenvalue weighted by atomic mass is 16.5. The van der Waals surface area contributed by atoms with E-state index in [0.717, 1.165) is 11.1 Å². The molecule has 2 aromatic heterocycles. The van der Waals surface area contributed by atoms with E-state index in [0.29, 0.717) is 11.2 Å². The van der Waals surface area contributed by atoms with Crippen molar-refractivity contribution < 1.29 is 14.3 Å². The maximum atomic E-state index is 13.0. The van der Waals surface area contributed by atoms with E-state index in [1.807, 2.05) is 60.7 Å². The van der Waals surface area contributed by atoms with Crippen molar-refractivity contribution in [3.05, 3.63) is 84.4 Å². The molecule has 30 heavy (non-hydrogen) atoms. The first-order valence-electron chi connectivity index (χ1n) is 9.39. The fourth-order valence-corrected chi connectivity index (χ4v) is 3.13. The molecule has 8 heteroatoms. The topological polar surface area (TPSA) is 110 Å². The summed E-state index contributed by atoms with van der Waals surface area (Å²) in [5.74, 6) is -1.38. The molecule has 1 atom stereocenters. The van der Waals surface area contributed by atoms with Crippen LogP contribution in [0.2, 0.25) is 0 Å². The molecule has 4 rings (SSSR count). The number of benzene rings is 2. The molecule has 2 aromatic carbocycles. The number of carbonyl (C=O) groups is 2. The Hall–Kier alpha value is -4.07. The monoisotopic (exact) mass is 401 g/mol. The molecule has 0 bridgehead atoms. The molecule has 0 aliphatic carbocycles. The number of imidazole rings is 1. The Kier molecular flexibility index (Phi) is 5.47. The SMILES string of the molecule is CC(OC(=O)C(c1ccccc1)c1ccccc1)C(=O)Nc1ncnc2nc[nH]c12. The number of aromatic nitrogens is 4. The van der Waals surface area contributed by atoms with Gasteiger partial charge in [0.2, 0.25) is 0 Å². The zero-order valence-corrected chi connectivity index (χ0v) is 16.1. The van der Waals surface area contributed by atoms with Crippen molar-refractivity contribution in [3.8, 4) is 0 Å². The average Bonchev–Trinajstić information content (AvgIpc) is 3.25. The number of carbonyl (C=O) groups excluding carboxylic acids is 2. The molecule has 2 N–H and O–H groups in total. The van der Waals surface area contributed by atoms with E-state index in [4.69, 9.17) is 4.74 Å². The van der Waals surface area contributed by atoms with Crippen molar-refractivity contribution in [3.63, 3.8) is 0 Å². The van der Waals surface area contributed by atoms with Gasteiger partial charge in [0.1, 0.15) is 17.8 Å². The minimum Gasteiger partial charge on any atom is -0.452 e. The van der Waals surface area contributed by atoms with Gasteiger partial charge in [0.25, 0.3) is 5.91 Å². The number of anilines is 1. The first-order chi connectivity index (χ1) is 14.6. The summed E-state index contributed by atoms with van der Waals surface area (Å²) in [5.41, 5.74) is 2.50. The van der Waals surface area contributed by atoms with Crippen molar-refractivity contribution in [2.45, 2.75) is 18.9 Å². The van der Waals surface area contributed by atoms with E-state index in [-0.39, 0.29) is 5.82 Å². The third kappa shape index (κ3) is 4.02. The molecule has 150 valence electrons. The molecule has 0 radical (unpaired) electrons. The Morgan fingerprint density at radius 3 is 2.20 bits per heavy atom. The molecular weight excluding hydrogens is 382 g/mol. The second kappa shape index (κ2) is 8.52. The van der Waals surface area contributed by atoms with Crippen molar-refractivity contribution in [1.29, 1.82) is 0 Å². The second-order valence-electron chi connectivity index (χ2n) is 6.65. The smallest absolute Gasteiger partial charge is 0.318 e. The molecular formula is C22H19N5O3. The predicted molar refractivity (Wildman–Crippen MR) is 111 cm³/mol. The van der Waals surface area contributed by atoms with Gasteiger partial charge in [0.15, 0.2) is 17.6 Å². The summed E-state index contributed by atoms with van der Waals surface area (Å²) in [6.45, 7) is 1.52. The summed E-state index contributed by atoms with van der Waals surface area (Å²) >= 11 is 0. The standard InChI is InChI=1S/C22H19N5O3/c1-14(21(28)27-20-18-19(24-12-23-18)25-13-26-20)30-22(29)17(15-8-4-2-5-9-15)16-10-6-3-7-11-16/h2-14,17H,1H3,(H2,23,24,25,26,27,28). The first-order valence-corrected chi connectivity index (χ1v) is 9.39. The van der Waals surface area contributed by atoms with E-state index in [1.165, 1.54) is 19.6 Å². The number of hydrogen-bond donors (Lipinski definition) is 2. The minimum atomic E-state index is -1.03. The largest absolute Gasteiger partial charge is 0.452 e. The zero-order valence-electron chi connectivity index (χ0n) is 16.1. The lowest BCUT2D eigenvalue weighted by Crippen LogP contribution is -2.32. The summed E-state index contributed by atoms with van der Waals surface area (Å²) in [6, 6.07) is 18.6. The Morgan fingerprint density at radius 1 is 0.933 bits per heavy atom. The normalized spacial score (nSPS) is 11.9. The molecule has 0 saturated carbocycles. The molecule has 0 fully saturated rings. The van der Waals surface area contributed by atoms with Gasteiger partial charge in [-0.05, 0) is 18.1 Å². The van der Waals surface area contributed by atoms with Crippen LogP contribution in [0.1, 0.15) is 24.0 Å². The fourth-order valence-electron chi connectivity index (χ4n) is 3.13. The highest BCUT2D eigenvalue weighted by Gasteiger charge is 2.28. The summed E-state index contributed by atoms with van der Waals surface area (Å²) in [6.07, 6.45) is 1.74. The lowest BCUT2D eigenvalue weighted by molar-refractivity contribution is -0.153. The number of nitrogens with zero attached hydrogens (tertiary/aromatic N) is 3.